The van der Waals surface area contributed by atoms with Crippen LogP contribution in [0.3, 0.4) is 0 Å². The fraction of sp³-hybridized carbons (Fsp3) is 0.647. The minimum Gasteiger partial charge on any atom is -0.496 e. The third-order valence-corrected chi connectivity index (χ3v) is 3.70. The van der Waals surface area contributed by atoms with Crippen LogP contribution in [0.15, 0.2) is 18.2 Å². The van der Waals surface area contributed by atoms with Gasteiger partial charge in [-0.15, -0.1) is 0 Å². The Kier molecular flexibility index (Phi) is 8.74. The van der Waals surface area contributed by atoms with Crippen molar-refractivity contribution >= 4 is 11.6 Å². The molecule has 2 atom stereocenters. The summed E-state index contributed by atoms with van der Waals surface area (Å²) in [6, 6.07) is 5.86. The zero-order chi connectivity index (χ0) is 15.7. The van der Waals surface area contributed by atoms with Gasteiger partial charge in [0.15, 0.2) is 0 Å². The lowest BCUT2D eigenvalue weighted by atomic mass is 9.97. The lowest BCUT2D eigenvalue weighted by Gasteiger charge is -2.29. The van der Waals surface area contributed by atoms with Crippen molar-refractivity contribution in [3.05, 3.63) is 28.8 Å². The normalized spacial score (nSPS) is 14.0. The first-order chi connectivity index (χ1) is 10.2. The Morgan fingerprint density at radius 2 is 1.95 bits per heavy atom. The third-order valence-electron chi connectivity index (χ3n) is 3.47. The Morgan fingerprint density at radius 3 is 2.52 bits per heavy atom. The summed E-state index contributed by atoms with van der Waals surface area (Å²) in [6.45, 7) is 8.02. The molecule has 4 heteroatoms. The highest BCUT2D eigenvalue weighted by atomic mass is 35.5. The molecule has 0 amide bonds. The first-order valence-corrected chi connectivity index (χ1v) is 8.24. The smallest absolute Gasteiger partial charge is 0.123 e. The van der Waals surface area contributed by atoms with Crippen molar-refractivity contribution in [2.75, 3.05) is 20.3 Å². The first kappa shape index (κ1) is 18.3. The summed E-state index contributed by atoms with van der Waals surface area (Å²) in [5, 5.41) is 4.32. The van der Waals surface area contributed by atoms with Gasteiger partial charge in [0.2, 0.25) is 0 Å². The van der Waals surface area contributed by atoms with Gasteiger partial charge in [-0.1, -0.05) is 31.9 Å². The number of ether oxygens (including phenoxy) is 2. The van der Waals surface area contributed by atoms with Crippen LogP contribution in [0.1, 0.15) is 51.6 Å². The maximum atomic E-state index is 6.19. The highest BCUT2D eigenvalue weighted by molar-refractivity contribution is 6.30. The molecule has 1 aromatic carbocycles. The SMILES string of the molecule is CCCNC(c1cc(Cl)ccc1OC)C(CCC)OCC. The van der Waals surface area contributed by atoms with Gasteiger partial charge < -0.3 is 14.8 Å². The molecule has 21 heavy (non-hydrogen) atoms. The predicted octanol–water partition coefficient (Wildman–Crippen LogP) is 4.59. The molecule has 1 rings (SSSR count). The van der Waals surface area contributed by atoms with Gasteiger partial charge in [-0.2, -0.15) is 0 Å². The standard InChI is InChI=1S/C17H28ClNO2/c1-5-8-16(21-7-3)17(19-11-6-2)14-12-13(18)9-10-15(14)20-4/h9-10,12,16-17,19H,5-8,11H2,1-4H3. The Bertz CT molecular complexity index is 406. The van der Waals surface area contributed by atoms with Gasteiger partial charge >= 0.3 is 0 Å². The van der Waals surface area contributed by atoms with E-state index < -0.39 is 0 Å². The monoisotopic (exact) mass is 313 g/mol. The second kappa shape index (κ2) is 10.0. The van der Waals surface area contributed by atoms with Crippen LogP contribution in [0.2, 0.25) is 5.02 Å². The second-order valence-electron chi connectivity index (χ2n) is 5.10. The van der Waals surface area contributed by atoms with E-state index in [0.29, 0.717) is 6.61 Å². The average molecular weight is 314 g/mol. The average Bonchev–Trinajstić information content (AvgIpc) is 2.48. The number of rotatable bonds is 10. The van der Waals surface area contributed by atoms with Gasteiger partial charge in [0.25, 0.3) is 0 Å². The molecule has 1 aromatic rings. The first-order valence-electron chi connectivity index (χ1n) is 7.86. The van der Waals surface area contributed by atoms with E-state index >= 15 is 0 Å². The van der Waals surface area contributed by atoms with E-state index in [1.165, 1.54) is 0 Å². The molecule has 2 unspecified atom stereocenters. The van der Waals surface area contributed by atoms with Crippen molar-refractivity contribution in [2.45, 2.75) is 52.2 Å². The molecule has 120 valence electrons. The molecule has 0 heterocycles. The van der Waals surface area contributed by atoms with Crippen molar-refractivity contribution < 1.29 is 9.47 Å². The van der Waals surface area contributed by atoms with Crippen LogP contribution >= 0.6 is 11.6 Å². The van der Waals surface area contributed by atoms with Gasteiger partial charge in [-0.3, -0.25) is 0 Å². The molecule has 3 nitrogen and oxygen atoms in total. The number of methoxy groups -OCH3 is 1. The van der Waals surface area contributed by atoms with Gasteiger partial charge in [0.1, 0.15) is 5.75 Å². The number of nitrogens with one attached hydrogen (secondary N) is 1. The van der Waals surface area contributed by atoms with Crippen molar-refractivity contribution in [3.8, 4) is 5.75 Å². The Labute approximate surface area is 134 Å². The van der Waals surface area contributed by atoms with Crippen LogP contribution in [-0.2, 0) is 4.74 Å². The molecule has 0 aliphatic carbocycles. The molecule has 0 spiro atoms. The number of hydrogen-bond acceptors (Lipinski definition) is 3. The van der Waals surface area contributed by atoms with Crippen LogP contribution in [0.25, 0.3) is 0 Å². The van der Waals surface area contributed by atoms with E-state index in [1.807, 2.05) is 25.1 Å². The zero-order valence-corrected chi connectivity index (χ0v) is 14.4. The summed E-state index contributed by atoms with van der Waals surface area (Å²) in [5.74, 6) is 0.855. The molecule has 0 aromatic heterocycles. The maximum absolute atomic E-state index is 6.19. The molecule has 0 radical (unpaired) electrons. The fourth-order valence-electron chi connectivity index (χ4n) is 2.53. The largest absolute Gasteiger partial charge is 0.496 e. The lowest BCUT2D eigenvalue weighted by molar-refractivity contribution is 0.0270. The van der Waals surface area contributed by atoms with Crippen LogP contribution < -0.4 is 10.1 Å². The maximum Gasteiger partial charge on any atom is 0.123 e. The molecule has 0 saturated carbocycles. The van der Waals surface area contributed by atoms with Crippen LogP contribution in [-0.4, -0.2) is 26.4 Å². The van der Waals surface area contributed by atoms with E-state index in [2.05, 4.69) is 19.2 Å². The molecule has 0 fully saturated rings. The quantitative estimate of drug-likeness (QED) is 0.685. The van der Waals surface area contributed by atoms with E-state index in [-0.39, 0.29) is 12.1 Å². The van der Waals surface area contributed by atoms with Crippen molar-refractivity contribution in [1.29, 1.82) is 0 Å². The van der Waals surface area contributed by atoms with Gasteiger partial charge in [0, 0.05) is 17.2 Å². The van der Waals surface area contributed by atoms with Gasteiger partial charge in [-0.25, -0.2) is 0 Å². The fourth-order valence-corrected chi connectivity index (χ4v) is 2.72. The topological polar surface area (TPSA) is 30.5 Å². The summed E-state index contributed by atoms with van der Waals surface area (Å²) in [5.41, 5.74) is 1.07. The van der Waals surface area contributed by atoms with Crippen molar-refractivity contribution in [1.82, 2.24) is 5.32 Å². The van der Waals surface area contributed by atoms with E-state index in [4.69, 9.17) is 21.1 Å². The summed E-state index contributed by atoms with van der Waals surface area (Å²) >= 11 is 6.19. The molecule has 0 bridgehead atoms. The molecule has 1 N–H and O–H groups in total. The van der Waals surface area contributed by atoms with E-state index in [1.54, 1.807) is 7.11 Å². The molecule has 0 saturated heterocycles. The Morgan fingerprint density at radius 1 is 1.19 bits per heavy atom. The van der Waals surface area contributed by atoms with Crippen LogP contribution in [0.5, 0.6) is 5.75 Å². The molecular weight excluding hydrogens is 286 g/mol. The molecular formula is C17H28ClNO2. The third kappa shape index (κ3) is 5.50. The Balaban J connectivity index is 3.12. The summed E-state index contributed by atoms with van der Waals surface area (Å²) in [4.78, 5) is 0. The molecule has 0 aliphatic heterocycles. The van der Waals surface area contributed by atoms with Crippen LogP contribution in [0.4, 0.5) is 0 Å². The second-order valence-corrected chi connectivity index (χ2v) is 5.54. The summed E-state index contributed by atoms with van der Waals surface area (Å²) in [6.07, 6.45) is 3.28. The summed E-state index contributed by atoms with van der Waals surface area (Å²) in [7, 11) is 1.69. The van der Waals surface area contributed by atoms with E-state index in [9.17, 15) is 0 Å². The lowest BCUT2D eigenvalue weighted by Crippen LogP contribution is -2.34. The number of benzene rings is 1. The molecule has 0 aliphatic rings. The van der Waals surface area contributed by atoms with Crippen LogP contribution in [0, 0.1) is 0 Å². The Hall–Kier alpha value is -0.770. The van der Waals surface area contributed by atoms with Gasteiger partial charge in [0.05, 0.1) is 19.3 Å². The highest BCUT2D eigenvalue weighted by Crippen LogP contribution is 2.32. The summed E-state index contributed by atoms with van der Waals surface area (Å²) < 4.78 is 11.5. The minimum atomic E-state index is 0.0958. The highest BCUT2D eigenvalue weighted by Gasteiger charge is 2.25. The van der Waals surface area contributed by atoms with E-state index in [0.717, 1.165) is 42.1 Å². The number of halogens is 1. The predicted molar refractivity (Wildman–Crippen MR) is 89.4 cm³/mol. The van der Waals surface area contributed by atoms with Crippen molar-refractivity contribution in [2.24, 2.45) is 0 Å². The van der Waals surface area contributed by atoms with Crippen molar-refractivity contribution in [3.63, 3.8) is 0 Å². The zero-order valence-electron chi connectivity index (χ0n) is 13.6. The minimum absolute atomic E-state index is 0.0958. The van der Waals surface area contributed by atoms with Gasteiger partial charge in [-0.05, 0) is 44.5 Å². The number of hydrogen-bond donors (Lipinski definition) is 1.